The lowest BCUT2D eigenvalue weighted by atomic mass is 9.83. The number of carbonyl (C=O) groups excluding carboxylic acids is 2. The summed E-state index contributed by atoms with van der Waals surface area (Å²) in [5.41, 5.74) is -0.476. The zero-order valence-corrected chi connectivity index (χ0v) is 18.8. The van der Waals surface area contributed by atoms with Crippen LogP contribution in [0.3, 0.4) is 0 Å². The van der Waals surface area contributed by atoms with E-state index in [4.69, 9.17) is 14.2 Å². The van der Waals surface area contributed by atoms with Gasteiger partial charge in [-0.15, -0.1) is 0 Å². The van der Waals surface area contributed by atoms with Crippen LogP contribution in [0.25, 0.3) is 0 Å². The van der Waals surface area contributed by atoms with Gasteiger partial charge in [0.15, 0.2) is 0 Å². The molecule has 2 aliphatic heterocycles. The van der Waals surface area contributed by atoms with Gasteiger partial charge in [0.25, 0.3) is 0 Å². The van der Waals surface area contributed by atoms with Crippen molar-refractivity contribution in [1.29, 1.82) is 0 Å². The molecule has 0 aromatic rings. The molecule has 0 amide bonds. The molecule has 31 heavy (non-hydrogen) atoms. The second-order valence-electron chi connectivity index (χ2n) is 9.75. The fourth-order valence-corrected chi connectivity index (χ4v) is 8.86. The van der Waals surface area contributed by atoms with Crippen LogP contribution in [0.2, 0.25) is 0 Å². The SMILES string of the molecule is CCC1(OC(=O)C2C3CC4C(NS(=O)(=O)C42)C3OC(=O)CN2CCOCC2)CCCC1. The van der Waals surface area contributed by atoms with Gasteiger partial charge < -0.3 is 14.2 Å². The number of fused-ring (bicyclic) bond motifs is 1. The summed E-state index contributed by atoms with van der Waals surface area (Å²) >= 11 is 0. The molecule has 2 bridgehead atoms. The van der Waals surface area contributed by atoms with Crippen LogP contribution in [0.5, 0.6) is 0 Å². The van der Waals surface area contributed by atoms with Gasteiger partial charge in [0, 0.05) is 19.0 Å². The predicted octanol–water partition coefficient (Wildman–Crippen LogP) is 0.433. The molecule has 5 fully saturated rings. The minimum atomic E-state index is -3.65. The van der Waals surface area contributed by atoms with Gasteiger partial charge >= 0.3 is 11.9 Å². The maximum absolute atomic E-state index is 13.3. The third-order valence-electron chi connectivity index (χ3n) is 8.15. The largest absolute Gasteiger partial charge is 0.459 e. The number of nitrogens with zero attached hydrogens (tertiary/aromatic N) is 1. The summed E-state index contributed by atoms with van der Waals surface area (Å²) in [7, 11) is -3.65. The van der Waals surface area contributed by atoms with E-state index in [9.17, 15) is 18.0 Å². The number of morpholine rings is 1. The molecule has 174 valence electrons. The van der Waals surface area contributed by atoms with Crippen molar-refractivity contribution in [2.75, 3.05) is 32.8 Å². The normalized spacial score (nSPS) is 40.2. The summed E-state index contributed by atoms with van der Waals surface area (Å²) < 4.78 is 45.5. The molecule has 2 saturated heterocycles. The van der Waals surface area contributed by atoms with E-state index < -0.39 is 44.9 Å². The van der Waals surface area contributed by atoms with Gasteiger partial charge in [-0.1, -0.05) is 6.92 Å². The fraction of sp³-hybridized carbons (Fsp3) is 0.905. The second kappa shape index (κ2) is 7.97. The number of ether oxygens (including phenoxy) is 3. The number of rotatable bonds is 6. The zero-order chi connectivity index (χ0) is 21.8. The number of esters is 2. The molecule has 10 heteroatoms. The molecule has 5 rings (SSSR count). The Bertz CT molecular complexity index is 835. The van der Waals surface area contributed by atoms with Gasteiger partial charge in [-0.2, -0.15) is 0 Å². The molecular formula is C21H32N2O7S. The van der Waals surface area contributed by atoms with Crippen molar-refractivity contribution in [3.8, 4) is 0 Å². The second-order valence-corrected chi connectivity index (χ2v) is 11.6. The van der Waals surface area contributed by atoms with Crippen molar-refractivity contribution in [2.45, 2.75) is 68.4 Å². The molecule has 0 aromatic heterocycles. The molecule has 2 heterocycles. The van der Waals surface area contributed by atoms with Crippen LogP contribution in [0.15, 0.2) is 0 Å². The minimum absolute atomic E-state index is 0.147. The first-order valence-electron chi connectivity index (χ1n) is 11.6. The van der Waals surface area contributed by atoms with Gasteiger partial charge in [-0.25, -0.2) is 13.1 Å². The van der Waals surface area contributed by atoms with Crippen LogP contribution in [0, 0.1) is 17.8 Å². The van der Waals surface area contributed by atoms with E-state index in [-0.39, 0.29) is 24.3 Å². The minimum Gasteiger partial charge on any atom is -0.459 e. The Morgan fingerprint density at radius 1 is 1.16 bits per heavy atom. The molecule has 6 unspecified atom stereocenters. The number of sulfonamides is 1. The summed E-state index contributed by atoms with van der Waals surface area (Å²) in [5.74, 6) is -2.11. The van der Waals surface area contributed by atoms with Crippen molar-refractivity contribution in [2.24, 2.45) is 17.8 Å². The van der Waals surface area contributed by atoms with Crippen molar-refractivity contribution < 1.29 is 32.2 Å². The van der Waals surface area contributed by atoms with Crippen molar-refractivity contribution in [1.82, 2.24) is 9.62 Å². The molecule has 3 aliphatic carbocycles. The number of carbonyl (C=O) groups is 2. The van der Waals surface area contributed by atoms with Crippen LogP contribution < -0.4 is 4.72 Å². The first-order chi connectivity index (χ1) is 14.8. The highest BCUT2D eigenvalue weighted by Crippen LogP contribution is 2.56. The Morgan fingerprint density at radius 3 is 2.55 bits per heavy atom. The third kappa shape index (κ3) is 3.69. The molecule has 0 aromatic carbocycles. The van der Waals surface area contributed by atoms with Crippen molar-refractivity contribution >= 4 is 22.0 Å². The molecule has 0 radical (unpaired) electrons. The van der Waals surface area contributed by atoms with Crippen molar-refractivity contribution in [3.05, 3.63) is 0 Å². The maximum Gasteiger partial charge on any atom is 0.320 e. The van der Waals surface area contributed by atoms with Crippen LogP contribution in [0.1, 0.15) is 45.4 Å². The van der Waals surface area contributed by atoms with E-state index in [2.05, 4.69) is 4.72 Å². The topological polar surface area (TPSA) is 111 Å². The van der Waals surface area contributed by atoms with E-state index in [0.717, 1.165) is 32.1 Å². The number of hydrogen-bond acceptors (Lipinski definition) is 8. The van der Waals surface area contributed by atoms with Crippen LogP contribution >= 0.6 is 0 Å². The Kier molecular flexibility index (Phi) is 5.55. The van der Waals surface area contributed by atoms with Crippen LogP contribution in [-0.4, -0.2) is 81.1 Å². The van der Waals surface area contributed by atoms with E-state index in [1.807, 2.05) is 11.8 Å². The van der Waals surface area contributed by atoms with Gasteiger partial charge in [0.1, 0.15) is 11.7 Å². The van der Waals surface area contributed by atoms with E-state index >= 15 is 0 Å². The predicted molar refractivity (Wildman–Crippen MR) is 109 cm³/mol. The number of nitrogens with one attached hydrogen (secondary N) is 1. The third-order valence-corrected chi connectivity index (χ3v) is 10.1. The molecule has 5 aliphatic rings. The van der Waals surface area contributed by atoms with Crippen LogP contribution in [-0.2, 0) is 33.8 Å². The van der Waals surface area contributed by atoms with Crippen LogP contribution in [0.4, 0.5) is 0 Å². The fourth-order valence-electron chi connectivity index (χ4n) is 6.58. The summed E-state index contributed by atoms with van der Waals surface area (Å²) in [6, 6.07) is -0.440. The van der Waals surface area contributed by atoms with Gasteiger partial charge in [-0.3, -0.25) is 14.5 Å². The van der Waals surface area contributed by atoms with Gasteiger partial charge in [0.2, 0.25) is 10.0 Å². The standard InChI is InChI=1S/C21H32N2O7S/c1-2-21(5-3-4-6-21)30-20(25)16-13-11-14-17(22-31(26,27)19(14)16)18(13)29-15(24)12-23-7-9-28-10-8-23/h13-14,16-19,22H,2-12H2,1H3. The Hall–Kier alpha value is -1.23. The van der Waals surface area contributed by atoms with Crippen molar-refractivity contribution in [3.63, 3.8) is 0 Å². The van der Waals surface area contributed by atoms with Gasteiger partial charge in [-0.05, 0) is 44.4 Å². The average molecular weight is 457 g/mol. The Labute approximate surface area is 183 Å². The average Bonchev–Trinajstić information content (AvgIpc) is 3.46. The lowest BCUT2D eigenvalue weighted by Crippen LogP contribution is -2.49. The highest BCUT2D eigenvalue weighted by atomic mass is 32.2. The van der Waals surface area contributed by atoms with E-state index in [0.29, 0.717) is 32.7 Å². The molecular weight excluding hydrogens is 424 g/mol. The summed E-state index contributed by atoms with van der Waals surface area (Å²) in [5, 5.41) is -0.778. The highest BCUT2D eigenvalue weighted by Gasteiger charge is 2.71. The maximum atomic E-state index is 13.3. The zero-order valence-electron chi connectivity index (χ0n) is 18.0. The van der Waals surface area contributed by atoms with Gasteiger partial charge in [0.05, 0.1) is 37.0 Å². The first-order valence-corrected chi connectivity index (χ1v) is 13.1. The summed E-state index contributed by atoms with van der Waals surface area (Å²) in [6.45, 7) is 4.65. The molecule has 3 saturated carbocycles. The van der Waals surface area contributed by atoms with E-state index in [1.54, 1.807) is 0 Å². The molecule has 6 atom stereocenters. The Balaban J connectivity index is 1.32. The summed E-state index contributed by atoms with van der Waals surface area (Å²) in [4.78, 5) is 27.9. The molecule has 1 N–H and O–H groups in total. The smallest absolute Gasteiger partial charge is 0.320 e. The lowest BCUT2D eigenvalue weighted by molar-refractivity contribution is -0.172. The van der Waals surface area contributed by atoms with E-state index in [1.165, 1.54) is 0 Å². The Morgan fingerprint density at radius 2 is 1.87 bits per heavy atom. The first kappa shape index (κ1) is 21.6. The quantitative estimate of drug-likeness (QED) is 0.573. The monoisotopic (exact) mass is 456 g/mol. The lowest BCUT2D eigenvalue weighted by Gasteiger charge is -2.35. The molecule has 0 spiro atoms. The number of hydrogen-bond donors (Lipinski definition) is 1. The molecule has 9 nitrogen and oxygen atoms in total. The highest BCUT2D eigenvalue weighted by molar-refractivity contribution is 7.90. The summed E-state index contributed by atoms with van der Waals surface area (Å²) in [6.07, 6.45) is 4.37.